The highest BCUT2D eigenvalue weighted by molar-refractivity contribution is 6.04. The number of piperazine rings is 1. The molecule has 1 N–H and O–H groups in total. The first kappa shape index (κ1) is 18.0. The predicted molar refractivity (Wildman–Crippen MR) is 109 cm³/mol. The molecular weight excluding hydrogens is 355 g/mol. The number of hydrogen-bond donors (Lipinski definition) is 1. The largest absolute Gasteiger partial charge is 0.368 e. The highest BCUT2D eigenvalue weighted by atomic mass is 19.1. The van der Waals surface area contributed by atoms with Crippen molar-refractivity contribution in [3.05, 3.63) is 84.4 Å². The van der Waals surface area contributed by atoms with Crippen molar-refractivity contribution in [3.8, 4) is 0 Å². The quantitative estimate of drug-likeness (QED) is 0.753. The summed E-state index contributed by atoms with van der Waals surface area (Å²) in [6, 6.07) is 18.3. The van der Waals surface area contributed by atoms with E-state index in [-0.39, 0.29) is 11.6 Å². The molecule has 0 bridgehead atoms. The number of benzene rings is 2. The van der Waals surface area contributed by atoms with Gasteiger partial charge < -0.3 is 15.1 Å². The van der Waals surface area contributed by atoms with Crippen LogP contribution in [0.1, 0.15) is 10.4 Å². The number of amides is 1. The Labute approximate surface area is 163 Å². The molecule has 1 aromatic heterocycles. The number of nitrogens with one attached hydrogen (secondary N) is 1. The Hall–Kier alpha value is -3.41. The van der Waals surface area contributed by atoms with E-state index in [9.17, 15) is 9.18 Å². The van der Waals surface area contributed by atoms with Crippen LogP contribution in [-0.4, -0.2) is 37.1 Å². The lowest BCUT2D eigenvalue weighted by molar-refractivity contribution is 0.102. The van der Waals surface area contributed by atoms with E-state index in [1.165, 1.54) is 24.0 Å². The molecule has 142 valence electrons. The fraction of sp³-hybridized carbons (Fsp3) is 0.182. The van der Waals surface area contributed by atoms with Gasteiger partial charge in [-0.25, -0.2) is 4.39 Å². The monoisotopic (exact) mass is 376 g/mol. The summed E-state index contributed by atoms with van der Waals surface area (Å²) in [4.78, 5) is 21.3. The maximum absolute atomic E-state index is 13.8. The number of nitrogens with zero attached hydrogens (tertiary/aromatic N) is 3. The number of carbonyl (C=O) groups excluding carboxylic acids is 1. The van der Waals surface area contributed by atoms with E-state index in [4.69, 9.17) is 0 Å². The smallest absolute Gasteiger partial charge is 0.257 e. The molecule has 1 amide bonds. The summed E-state index contributed by atoms with van der Waals surface area (Å²) in [6.07, 6.45) is 3.26. The van der Waals surface area contributed by atoms with E-state index < -0.39 is 5.82 Å². The van der Waals surface area contributed by atoms with Crippen molar-refractivity contribution in [1.29, 1.82) is 0 Å². The number of halogens is 1. The van der Waals surface area contributed by atoms with E-state index >= 15 is 0 Å². The van der Waals surface area contributed by atoms with Gasteiger partial charge in [-0.3, -0.25) is 9.78 Å². The Morgan fingerprint density at radius 1 is 0.857 bits per heavy atom. The Kier molecular flexibility index (Phi) is 5.19. The van der Waals surface area contributed by atoms with Crippen molar-refractivity contribution < 1.29 is 9.18 Å². The van der Waals surface area contributed by atoms with Crippen molar-refractivity contribution in [2.45, 2.75) is 0 Å². The Morgan fingerprint density at radius 2 is 1.50 bits per heavy atom. The fourth-order valence-corrected chi connectivity index (χ4v) is 3.34. The third kappa shape index (κ3) is 3.96. The summed E-state index contributed by atoms with van der Waals surface area (Å²) >= 11 is 0. The average molecular weight is 376 g/mol. The first-order valence-electron chi connectivity index (χ1n) is 9.26. The minimum atomic E-state index is -0.461. The van der Waals surface area contributed by atoms with E-state index in [0.29, 0.717) is 5.56 Å². The molecular formula is C22H21FN4O. The van der Waals surface area contributed by atoms with Gasteiger partial charge in [-0.05, 0) is 30.3 Å². The van der Waals surface area contributed by atoms with Gasteiger partial charge in [0.2, 0.25) is 0 Å². The number of hydrogen-bond acceptors (Lipinski definition) is 4. The summed E-state index contributed by atoms with van der Waals surface area (Å²) in [7, 11) is 0. The first-order chi connectivity index (χ1) is 13.7. The fourth-order valence-electron chi connectivity index (χ4n) is 3.34. The molecule has 0 unspecified atom stereocenters. The van der Waals surface area contributed by atoms with Crippen LogP contribution in [0.15, 0.2) is 73.1 Å². The topological polar surface area (TPSA) is 48.5 Å². The molecule has 0 saturated carbocycles. The van der Waals surface area contributed by atoms with Gasteiger partial charge in [-0.1, -0.05) is 30.3 Å². The van der Waals surface area contributed by atoms with Crippen LogP contribution in [0.4, 0.5) is 21.5 Å². The Morgan fingerprint density at radius 3 is 2.21 bits per heavy atom. The van der Waals surface area contributed by atoms with Gasteiger partial charge in [-0.2, -0.15) is 0 Å². The van der Waals surface area contributed by atoms with Gasteiger partial charge in [0, 0.05) is 38.1 Å². The maximum atomic E-state index is 13.8. The molecule has 1 aliphatic heterocycles. The first-order valence-corrected chi connectivity index (χ1v) is 9.26. The highest BCUT2D eigenvalue weighted by Crippen LogP contribution is 2.21. The van der Waals surface area contributed by atoms with Crippen LogP contribution in [0.25, 0.3) is 0 Å². The molecule has 0 aliphatic carbocycles. The van der Waals surface area contributed by atoms with Crippen LogP contribution in [0, 0.1) is 5.82 Å². The van der Waals surface area contributed by atoms with Crippen molar-refractivity contribution >= 4 is 23.0 Å². The van der Waals surface area contributed by atoms with Gasteiger partial charge >= 0.3 is 0 Å². The van der Waals surface area contributed by atoms with Crippen LogP contribution in [-0.2, 0) is 0 Å². The minimum absolute atomic E-state index is 0.161. The molecule has 1 saturated heterocycles. The lowest BCUT2D eigenvalue weighted by Crippen LogP contribution is -2.46. The van der Waals surface area contributed by atoms with E-state index in [2.05, 4.69) is 32.2 Å². The van der Waals surface area contributed by atoms with Crippen LogP contribution in [0.5, 0.6) is 0 Å². The molecule has 2 aromatic carbocycles. The van der Waals surface area contributed by atoms with E-state index in [1.54, 1.807) is 24.4 Å². The molecule has 6 heteroatoms. The molecule has 4 rings (SSSR count). The SMILES string of the molecule is O=C(Nc1ccccc1F)c1cncc(N2CCN(c3ccccc3)CC2)c1. The highest BCUT2D eigenvalue weighted by Gasteiger charge is 2.19. The van der Waals surface area contributed by atoms with Crippen LogP contribution >= 0.6 is 0 Å². The van der Waals surface area contributed by atoms with Gasteiger partial charge in [0.05, 0.1) is 23.1 Å². The van der Waals surface area contributed by atoms with E-state index in [0.717, 1.165) is 31.9 Å². The minimum Gasteiger partial charge on any atom is -0.368 e. The zero-order valence-corrected chi connectivity index (χ0v) is 15.4. The average Bonchev–Trinajstić information content (AvgIpc) is 2.76. The van der Waals surface area contributed by atoms with Gasteiger partial charge in [0.15, 0.2) is 0 Å². The third-order valence-corrected chi connectivity index (χ3v) is 4.87. The van der Waals surface area contributed by atoms with Crippen molar-refractivity contribution in [2.24, 2.45) is 0 Å². The zero-order chi connectivity index (χ0) is 19.3. The van der Waals surface area contributed by atoms with Crippen LogP contribution in [0.2, 0.25) is 0 Å². The summed E-state index contributed by atoms with van der Waals surface area (Å²) in [6.45, 7) is 3.48. The molecule has 28 heavy (non-hydrogen) atoms. The summed E-state index contributed by atoms with van der Waals surface area (Å²) in [5.74, 6) is -0.834. The lowest BCUT2D eigenvalue weighted by atomic mass is 10.2. The van der Waals surface area contributed by atoms with Crippen molar-refractivity contribution in [2.75, 3.05) is 41.3 Å². The second-order valence-corrected chi connectivity index (χ2v) is 6.68. The van der Waals surface area contributed by atoms with Crippen molar-refractivity contribution in [3.63, 3.8) is 0 Å². The number of rotatable bonds is 4. The third-order valence-electron chi connectivity index (χ3n) is 4.87. The summed E-state index contributed by atoms with van der Waals surface area (Å²) in [5.41, 5.74) is 2.69. The van der Waals surface area contributed by atoms with E-state index in [1.807, 2.05) is 18.2 Å². The summed E-state index contributed by atoms with van der Waals surface area (Å²) in [5, 5.41) is 2.60. The van der Waals surface area contributed by atoms with Crippen LogP contribution in [0.3, 0.4) is 0 Å². The standard InChI is InChI=1S/C22H21FN4O/c23-20-8-4-5-9-21(20)25-22(28)17-14-19(16-24-15-17)27-12-10-26(11-13-27)18-6-2-1-3-7-18/h1-9,14-16H,10-13H2,(H,25,28). The molecule has 0 spiro atoms. The molecule has 3 aromatic rings. The molecule has 1 fully saturated rings. The second kappa shape index (κ2) is 8.08. The van der Waals surface area contributed by atoms with Gasteiger partial charge in [0.25, 0.3) is 5.91 Å². The number of pyridine rings is 1. The summed E-state index contributed by atoms with van der Waals surface area (Å²) < 4.78 is 13.8. The maximum Gasteiger partial charge on any atom is 0.257 e. The molecule has 0 atom stereocenters. The van der Waals surface area contributed by atoms with Crippen molar-refractivity contribution in [1.82, 2.24) is 4.98 Å². The van der Waals surface area contributed by atoms with Gasteiger partial charge in [0.1, 0.15) is 5.82 Å². The zero-order valence-electron chi connectivity index (χ0n) is 15.4. The molecule has 1 aliphatic rings. The number of anilines is 3. The van der Waals surface area contributed by atoms with Crippen LogP contribution < -0.4 is 15.1 Å². The molecule has 5 nitrogen and oxygen atoms in total. The predicted octanol–water partition coefficient (Wildman–Crippen LogP) is 3.80. The molecule has 2 heterocycles. The number of para-hydroxylation sites is 2. The number of carbonyl (C=O) groups is 1. The normalized spacial score (nSPS) is 14.0. The number of aromatic nitrogens is 1. The Bertz CT molecular complexity index is 956. The lowest BCUT2D eigenvalue weighted by Gasteiger charge is -2.37. The van der Waals surface area contributed by atoms with Gasteiger partial charge in [-0.15, -0.1) is 0 Å². The molecule has 0 radical (unpaired) electrons. The second-order valence-electron chi connectivity index (χ2n) is 6.68. The Balaban J connectivity index is 1.43.